The van der Waals surface area contributed by atoms with Crippen LogP contribution >= 0.6 is 0 Å². The average Bonchev–Trinajstić information content (AvgIpc) is 2.37. The molecular formula is C13H29N3O3S. The van der Waals surface area contributed by atoms with Crippen LogP contribution in [0.4, 0.5) is 0 Å². The van der Waals surface area contributed by atoms with Crippen molar-refractivity contribution in [3.63, 3.8) is 0 Å². The minimum Gasteiger partial charge on any atom is -0.396 e. The second kappa shape index (κ2) is 6.70. The van der Waals surface area contributed by atoms with Gasteiger partial charge in [-0.25, -0.2) is 0 Å². The third kappa shape index (κ3) is 3.92. The number of aliphatic hydroxyl groups is 1. The van der Waals surface area contributed by atoms with Crippen molar-refractivity contribution >= 4 is 10.2 Å². The van der Waals surface area contributed by atoms with Gasteiger partial charge in [0.1, 0.15) is 0 Å². The van der Waals surface area contributed by atoms with E-state index in [1.807, 2.05) is 32.8 Å². The van der Waals surface area contributed by atoms with Gasteiger partial charge < -0.3 is 10.0 Å². The van der Waals surface area contributed by atoms with Crippen LogP contribution in [0.25, 0.3) is 0 Å². The van der Waals surface area contributed by atoms with Gasteiger partial charge in [-0.15, -0.1) is 0 Å². The summed E-state index contributed by atoms with van der Waals surface area (Å²) in [4.78, 5) is 2.01. The van der Waals surface area contributed by atoms with Gasteiger partial charge in [0, 0.05) is 38.1 Å². The lowest BCUT2D eigenvalue weighted by atomic mass is 9.81. The van der Waals surface area contributed by atoms with Crippen LogP contribution in [-0.2, 0) is 10.2 Å². The molecule has 1 atom stereocenters. The van der Waals surface area contributed by atoms with E-state index < -0.39 is 10.2 Å². The van der Waals surface area contributed by atoms with Gasteiger partial charge in [-0.2, -0.15) is 17.0 Å². The molecule has 0 radical (unpaired) electrons. The van der Waals surface area contributed by atoms with Gasteiger partial charge in [-0.3, -0.25) is 0 Å². The molecule has 1 fully saturated rings. The molecule has 0 aromatic carbocycles. The molecule has 0 amide bonds. The lowest BCUT2D eigenvalue weighted by molar-refractivity contribution is 0.0390. The molecule has 120 valence electrons. The van der Waals surface area contributed by atoms with Crippen molar-refractivity contribution in [3.05, 3.63) is 0 Å². The van der Waals surface area contributed by atoms with Crippen molar-refractivity contribution in [1.29, 1.82) is 0 Å². The highest BCUT2D eigenvalue weighted by molar-refractivity contribution is 7.86. The second-order valence-electron chi connectivity index (χ2n) is 6.45. The molecule has 1 aliphatic heterocycles. The summed E-state index contributed by atoms with van der Waals surface area (Å²) in [6.45, 7) is 5.36. The first-order valence-corrected chi connectivity index (χ1v) is 8.53. The molecular weight excluding hydrogens is 278 g/mol. The Kier molecular flexibility index (Phi) is 5.98. The number of hydrogen-bond donors (Lipinski definition) is 1. The fraction of sp³-hybridized carbons (Fsp3) is 1.00. The summed E-state index contributed by atoms with van der Waals surface area (Å²) in [6.07, 6.45) is 1.65. The lowest BCUT2D eigenvalue weighted by Gasteiger charge is -2.43. The van der Waals surface area contributed by atoms with Gasteiger partial charge >= 0.3 is 0 Å². The summed E-state index contributed by atoms with van der Waals surface area (Å²) in [6, 6.07) is -0.0701. The predicted molar refractivity (Wildman–Crippen MR) is 80.7 cm³/mol. The summed E-state index contributed by atoms with van der Waals surface area (Å²) in [5, 5.41) is 9.76. The molecule has 0 aromatic heterocycles. The van der Waals surface area contributed by atoms with Crippen molar-refractivity contribution in [2.24, 2.45) is 5.41 Å². The summed E-state index contributed by atoms with van der Waals surface area (Å²) < 4.78 is 28.1. The zero-order chi connectivity index (χ0) is 15.6. The Morgan fingerprint density at radius 3 is 2.35 bits per heavy atom. The Morgan fingerprint density at radius 2 is 1.90 bits per heavy atom. The van der Waals surface area contributed by atoms with E-state index in [0.29, 0.717) is 19.6 Å². The SMILES string of the molecule is CC(C)N(C)S(=O)(=O)N1CCCC(CO)(CN(C)C)C1. The Labute approximate surface area is 123 Å². The maximum atomic E-state index is 12.6. The minimum absolute atomic E-state index is 0.0165. The van der Waals surface area contributed by atoms with E-state index in [1.54, 1.807) is 7.05 Å². The Hall–Kier alpha value is -0.210. The van der Waals surface area contributed by atoms with Crippen molar-refractivity contribution in [2.45, 2.75) is 32.7 Å². The summed E-state index contributed by atoms with van der Waals surface area (Å²) in [5.74, 6) is 0. The second-order valence-corrected chi connectivity index (χ2v) is 8.44. The van der Waals surface area contributed by atoms with Crippen molar-refractivity contribution in [3.8, 4) is 0 Å². The van der Waals surface area contributed by atoms with Crippen LogP contribution in [0.15, 0.2) is 0 Å². The first-order valence-electron chi connectivity index (χ1n) is 7.13. The van der Waals surface area contributed by atoms with E-state index >= 15 is 0 Å². The van der Waals surface area contributed by atoms with Gasteiger partial charge in [-0.05, 0) is 40.8 Å². The van der Waals surface area contributed by atoms with E-state index in [0.717, 1.165) is 12.8 Å². The maximum Gasteiger partial charge on any atom is 0.281 e. The molecule has 6 nitrogen and oxygen atoms in total. The number of nitrogens with zero attached hydrogens (tertiary/aromatic N) is 3. The monoisotopic (exact) mass is 307 g/mol. The van der Waals surface area contributed by atoms with E-state index in [2.05, 4.69) is 0 Å². The first kappa shape index (κ1) is 17.8. The predicted octanol–water partition coefficient (Wildman–Crippen LogP) is 0.208. The smallest absolute Gasteiger partial charge is 0.281 e. The zero-order valence-electron chi connectivity index (χ0n) is 13.3. The number of rotatable bonds is 6. The van der Waals surface area contributed by atoms with Crippen LogP contribution in [0.1, 0.15) is 26.7 Å². The molecule has 1 aliphatic rings. The molecule has 0 saturated carbocycles. The van der Waals surface area contributed by atoms with Gasteiger partial charge in [0.15, 0.2) is 0 Å². The van der Waals surface area contributed by atoms with Crippen LogP contribution in [0.5, 0.6) is 0 Å². The van der Waals surface area contributed by atoms with Gasteiger partial charge in [0.25, 0.3) is 10.2 Å². The average molecular weight is 307 g/mol. The fourth-order valence-corrected chi connectivity index (χ4v) is 4.48. The molecule has 7 heteroatoms. The molecule has 1 N–H and O–H groups in total. The normalized spacial score (nSPS) is 25.9. The van der Waals surface area contributed by atoms with Crippen LogP contribution in [-0.4, -0.2) is 80.5 Å². The Bertz CT molecular complexity index is 411. The molecule has 0 aromatic rings. The molecule has 1 heterocycles. The Morgan fingerprint density at radius 1 is 1.30 bits per heavy atom. The largest absolute Gasteiger partial charge is 0.396 e. The van der Waals surface area contributed by atoms with Gasteiger partial charge in [0.05, 0.1) is 6.61 Å². The summed E-state index contributed by atoms with van der Waals surface area (Å²) >= 11 is 0. The van der Waals surface area contributed by atoms with Gasteiger partial charge in [-0.1, -0.05) is 0 Å². The fourth-order valence-electron chi connectivity index (χ4n) is 2.79. The molecule has 0 spiro atoms. The molecule has 1 saturated heterocycles. The van der Waals surface area contributed by atoms with Crippen LogP contribution in [0.3, 0.4) is 0 Å². The van der Waals surface area contributed by atoms with Crippen LogP contribution < -0.4 is 0 Å². The van der Waals surface area contributed by atoms with Crippen molar-refractivity contribution in [1.82, 2.24) is 13.5 Å². The van der Waals surface area contributed by atoms with Crippen LogP contribution in [0.2, 0.25) is 0 Å². The zero-order valence-corrected chi connectivity index (χ0v) is 14.2. The maximum absolute atomic E-state index is 12.6. The third-order valence-electron chi connectivity index (χ3n) is 4.03. The minimum atomic E-state index is -3.44. The summed E-state index contributed by atoms with van der Waals surface area (Å²) in [7, 11) is 2.07. The highest BCUT2D eigenvalue weighted by Crippen LogP contribution is 2.32. The van der Waals surface area contributed by atoms with Crippen LogP contribution in [0, 0.1) is 5.41 Å². The number of aliphatic hydroxyl groups excluding tert-OH is 1. The topological polar surface area (TPSA) is 64.1 Å². The van der Waals surface area contributed by atoms with Crippen molar-refractivity contribution < 1.29 is 13.5 Å². The highest BCUT2D eigenvalue weighted by atomic mass is 32.2. The van der Waals surface area contributed by atoms with E-state index in [-0.39, 0.29) is 18.1 Å². The lowest BCUT2D eigenvalue weighted by Crippen LogP contribution is -2.55. The first-order chi connectivity index (χ1) is 9.14. The van der Waals surface area contributed by atoms with Crippen molar-refractivity contribution in [2.75, 3.05) is 47.4 Å². The van der Waals surface area contributed by atoms with Gasteiger partial charge in [0.2, 0.25) is 0 Å². The third-order valence-corrected chi connectivity index (χ3v) is 6.14. The molecule has 1 unspecified atom stereocenters. The molecule has 20 heavy (non-hydrogen) atoms. The number of hydrogen-bond acceptors (Lipinski definition) is 4. The molecule has 0 aliphatic carbocycles. The molecule has 1 rings (SSSR count). The summed E-state index contributed by atoms with van der Waals surface area (Å²) in [5.41, 5.74) is -0.355. The Balaban J connectivity index is 2.93. The molecule has 0 bridgehead atoms. The quantitative estimate of drug-likeness (QED) is 0.762. The van der Waals surface area contributed by atoms with E-state index in [1.165, 1.54) is 8.61 Å². The van der Waals surface area contributed by atoms with E-state index in [9.17, 15) is 13.5 Å². The number of piperidine rings is 1. The standard InChI is InChI=1S/C13H29N3O3S/c1-12(2)15(5)20(18,19)16-8-6-7-13(10-16,11-17)9-14(3)4/h12,17H,6-11H2,1-5H3. The van der Waals surface area contributed by atoms with E-state index in [4.69, 9.17) is 0 Å². The highest BCUT2D eigenvalue weighted by Gasteiger charge is 2.41.